The first kappa shape index (κ1) is 19.7. The van der Waals surface area contributed by atoms with Crippen molar-refractivity contribution < 1.29 is 9.90 Å². The van der Waals surface area contributed by atoms with Crippen LogP contribution >= 0.6 is 11.6 Å². The Labute approximate surface area is 162 Å². The van der Waals surface area contributed by atoms with E-state index >= 15 is 0 Å². The summed E-state index contributed by atoms with van der Waals surface area (Å²) in [5, 5.41) is 11.6. The van der Waals surface area contributed by atoms with Gasteiger partial charge in [-0.3, -0.25) is 9.69 Å². The number of halogens is 1. The average molecular weight is 379 g/mol. The molecule has 2 fully saturated rings. The highest BCUT2D eigenvalue weighted by Crippen LogP contribution is 2.47. The molecule has 0 bridgehead atoms. The molecule has 1 N–H and O–H groups in total. The molecule has 3 rings (SSSR count). The van der Waals surface area contributed by atoms with Gasteiger partial charge in [-0.15, -0.1) is 0 Å². The first-order valence-corrected chi connectivity index (χ1v) is 10.1. The highest BCUT2D eigenvalue weighted by molar-refractivity contribution is 6.31. The Hall–Kier alpha value is -1.10. The summed E-state index contributed by atoms with van der Waals surface area (Å²) >= 11 is 6.49. The lowest BCUT2D eigenvalue weighted by atomic mass is 9.66. The largest absolute Gasteiger partial charge is 0.385 e. The van der Waals surface area contributed by atoms with Gasteiger partial charge in [0.15, 0.2) is 0 Å². The Morgan fingerprint density at radius 3 is 2.58 bits per heavy atom. The summed E-state index contributed by atoms with van der Waals surface area (Å²) in [5.41, 5.74) is 1.03. The van der Waals surface area contributed by atoms with Gasteiger partial charge in [-0.1, -0.05) is 37.6 Å². The number of hydrogen-bond acceptors (Lipinski definition) is 3. The van der Waals surface area contributed by atoms with E-state index in [2.05, 4.69) is 18.7 Å². The van der Waals surface area contributed by atoms with E-state index in [0.29, 0.717) is 18.8 Å². The van der Waals surface area contributed by atoms with Crippen LogP contribution in [0.25, 0.3) is 0 Å². The van der Waals surface area contributed by atoms with Crippen LogP contribution in [0.3, 0.4) is 0 Å². The Morgan fingerprint density at radius 1 is 1.35 bits per heavy atom. The average Bonchev–Trinajstić information content (AvgIpc) is 3.05. The molecule has 144 valence electrons. The van der Waals surface area contributed by atoms with Gasteiger partial charge in [-0.05, 0) is 61.9 Å². The summed E-state index contributed by atoms with van der Waals surface area (Å²) in [6.07, 6.45) is 3.48. The highest BCUT2D eigenvalue weighted by atomic mass is 35.5. The molecular weight excluding hydrogens is 348 g/mol. The molecule has 1 saturated carbocycles. The molecule has 5 heteroatoms. The molecule has 1 amide bonds. The quantitative estimate of drug-likeness (QED) is 0.821. The van der Waals surface area contributed by atoms with Crippen molar-refractivity contribution in [1.29, 1.82) is 0 Å². The van der Waals surface area contributed by atoms with E-state index in [1.807, 2.05) is 25.2 Å². The molecule has 1 aliphatic heterocycles. The maximum Gasteiger partial charge on any atom is 0.225 e. The predicted molar refractivity (Wildman–Crippen MR) is 105 cm³/mol. The van der Waals surface area contributed by atoms with Gasteiger partial charge < -0.3 is 10.0 Å². The molecule has 0 aromatic heterocycles. The molecule has 1 aromatic carbocycles. The zero-order chi connectivity index (χ0) is 18.9. The second kappa shape index (κ2) is 7.87. The van der Waals surface area contributed by atoms with Crippen molar-refractivity contribution in [2.24, 2.45) is 11.8 Å². The summed E-state index contributed by atoms with van der Waals surface area (Å²) in [5.74, 6) is 0.497. The smallest absolute Gasteiger partial charge is 0.225 e. The SMILES string of the molecule is CC(C)CN(C)C(=O)C1CC(O)(c2ccc(CN3CCCC3)c(Cl)c2)C1. The zero-order valence-electron chi connectivity index (χ0n) is 16.2. The number of carbonyl (C=O) groups excluding carboxylic acids is 1. The van der Waals surface area contributed by atoms with Crippen molar-refractivity contribution in [3.05, 3.63) is 34.3 Å². The first-order valence-electron chi connectivity index (χ1n) is 9.77. The van der Waals surface area contributed by atoms with Crippen molar-refractivity contribution in [1.82, 2.24) is 9.80 Å². The van der Waals surface area contributed by atoms with Crippen LogP contribution in [0.15, 0.2) is 18.2 Å². The molecule has 4 nitrogen and oxygen atoms in total. The van der Waals surface area contributed by atoms with Gasteiger partial charge in [0.2, 0.25) is 5.91 Å². The Morgan fingerprint density at radius 2 is 2.00 bits per heavy atom. The summed E-state index contributed by atoms with van der Waals surface area (Å²) in [6, 6.07) is 5.91. The number of amides is 1. The number of rotatable bonds is 6. The van der Waals surface area contributed by atoms with Gasteiger partial charge in [0.25, 0.3) is 0 Å². The van der Waals surface area contributed by atoms with E-state index in [1.165, 1.54) is 12.8 Å². The summed E-state index contributed by atoms with van der Waals surface area (Å²) in [6.45, 7) is 8.11. The Bertz CT molecular complexity index is 649. The van der Waals surface area contributed by atoms with Gasteiger partial charge in [-0.2, -0.15) is 0 Å². The molecule has 0 atom stereocenters. The molecule has 1 aliphatic carbocycles. The third kappa shape index (κ3) is 4.24. The van der Waals surface area contributed by atoms with Gasteiger partial charge >= 0.3 is 0 Å². The first-order chi connectivity index (χ1) is 12.3. The second-order valence-electron chi connectivity index (χ2n) is 8.54. The van der Waals surface area contributed by atoms with E-state index < -0.39 is 5.60 Å². The number of likely N-dealkylation sites (tertiary alicyclic amines) is 1. The van der Waals surface area contributed by atoms with Crippen LogP contribution in [-0.4, -0.2) is 47.5 Å². The number of hydrogen-bond donors (Lipinski definition) is 1. The fourth-order valence-corrected chi connectivity index (χ4v) is 4.50. The highest BCUT2D eigenvalue weighted by Gasteiger charge is 2.48. The van der Waals surface area contributed by atoms with Crippen molar-refractivity contribution >= 4 is 17.5 Å². The lowest BCUT2D eigenvalue weighted by Crippen LogP contribution is -2.49. The summed E-state index contributed by atoms with van der Waals surface area (Å²) in [7, 11) is 1.85. The van der Waals surface area contributed by atoms with Crippen LogP contribution < -0.4 is 0 Å². The predicted octanol–water partition coefficient (Wildman–Crippen LogP) is 3.65. The molecule has 1 heterocycles. The standard InChI is InChI=1S/C21H31ClN2O2/c1-15(2)13-23(3)20(25)17-11-21(26,12-17)18-7-6-16(19(22)10-18)14-24-8-4-5-9-24/h6-7,10,15,17,26H,4-5,8-9,11-14H2,1-3H3. The molecule has 0 spiro atoms. The number of nitrogens with zero attached hydrogens (tertiary/aromatic N) is 2. The van der Waals surface area contributed by atoms with Crippen LogP contribution in [0, 0.1) is 11.8 Å². The second-order valence-corrected chi connectivity index (χ2v) is 8.95. The van der Waals surface area contributed by atoms with Gasteiger partial charge in [0.1, 0.15) is 0 Å². The number of benzene rings is 1. The molecular formula is C21H31ClN2O2. The minimum Gasteiger partial charge on any atom is -0.385 e. The van der Waals surface area contributed by atoms with E-state index in [-0.39, 0.29) is 11.8 Å². The Balaban J connectivity index is 1.61. The number of aliphatic hydroxyl groups is 1. The van der Waals surface area contributed by atoms with Crippen molar-refractivity contribution in [3.63, 3.8) is 0 Å². The fourth-order valence-electron chi connectivity index (χ4n) is 4.26. The third-order valence-electron chi connectivity index (χ3n) is 5.72. The number of carbonyl (C=O) groups is 1. The minimum atomic E-state index is -0.922. The molecule has 1 saturated heterocycles. The fraction of sp³-hybridized carbons (Fsp3) is 0.667. The van der Waals surface area contributed by atoms with Gasteiger partial charge in [0, 0.05) is 31.1 Å². The minimum absolute atomic E-state index is 0.0909. The topological polar surface area (TPSA) is 43.8 Å². The van der Waals surface area contributed by atoms with Gasteiger partial charge in [-0.25, -0.2) is 0 Å². The van der Waals surface area contributed by atoms with Crippen LogP contribution in [0.4, 0.5) is 0 Å². The van der Waals surface area contributed by atoms with Crippen molar-refractivity contribution in [3.8, 4) is 0 Å². The molecule has 0 radical (unpaired) electrons. The molecule has 26 heavy (non-hydrogen) atoms. The lowest BCUT2D eigenvalue weighted by Gasteiger charge is -2.44. The van der Waals surface area contributed by atoms with E-state index in [1.54, 1.807) is 4.90 Å². The van der Waals surface area contributed by atoms with Crippen LogP contribution in [0.2, 0.25) is 5.02 Å². The van der Waals surface area contributed by atoms with E-state index in [0.717, 1.165) is 42.3 Å². The summed E-state index contributed by atoms with van der Waals surface area (Å²) < 4.78 is 0. The lowest BCUT2D eigenvalue weighted by molar-refractivity contribution is -0.152. The van der Waals surface area contributed by atoms with Crippen molar-refractivity contribution in [2.45, 2.75) is 51.7 Å². The van der Waals surface area contributed by atoms with E-state index in [4.69, 9.17) is 11.6 Å². The maximum absolute atomic E-state index is 12.5. The monoisotopic (exact) mass is 378 g/mol. The molecule has 2 aliphatic rings. The Kier molecular flexibility index (Phi) is 5.95. The van der Waals surface area contributed by atoms with Crippen LogP contribution in [-0.2, 0) is 16.9 Å². The van der Waals surface area contributed by atoms with Crippen molar-refractivity contribution in [2.75, 3.05) is 26.7 Å². The zero-order valence-corrected chi connectivity index (χ0v) is 16.9. The molecule has 1 aromatic rings. The van der Waals surface area contributed by atoms with Crippen LogP contribution in [0.5, 0.6) is 0 Å². The van der Waals surface area contributed by atoms with Gasteiger partial charge in [0.05, 0.1) is 5.60 Å². The summed E-state index contributed by atoms with van der Waals surface area (Å²) in [4.78, 5) is 16.7. The normalized spacial score (nSPS) is 26.2. The maximum atomic E-state index is 12.5. The van der Waals surface area contributed by atoms with E-state index in [9.17, 15) is 9.90 Å². The third-order valence-corrected chi connectivity index (χ3v) is 6.07. The molecule has 0 unspecified atom stereocenters. The van der Waals surface area contributed by atoms with Crippen LogP contribution in [0.1, 0.15) is 50.7 Å².